The van der Waals surface area contributed by atoms with Gasteiger partial charge in [-0.05, 0) is 32.1 Å². The van der Waals surface area contributed by atoms with Crippen molar-refractivity contribution in [2.24, 2.45) is 0 Å². The Hall–Kier alpha value is -1.59. The first-order chi connectivity index (χ1) is 10.2. The molecule has 1 aromatic heterocycles. The summed E-state index contributed by atoms with van der Waals surface area (Å²) in [6, 6.07) is -0.134. The molecule has 21 heavy (non-hydrogen) atoms. The van der Waals surface area contributed by atoms with Crippen LogP contribution in [0.2, 0.25) is 0 Å². The molecule has 116 valence electrons. The Labute approximate surface area is 125 Å². The van der Waals surface area contributed by atoms with Gasteiger partial charge in [-0.25, -0.2) is 4.79 Å². The number of rotatable bonds is 5. The summed E-state index contributed by atoms with van der Waals surface area (Å²) in [6.07, 6.45) is 8.32. The van der Waals surface area contributed by atoms with Gasteiger partial charge in [-0.2, -0.15) is 4.98 Å². The van der Waals surface area contributed by atoms with Crippen LogP contribution in [0.25, 0.3) is 0 Å². The molecule has 0 unspecified atom stereocenters. The number of nitrogens with zero attached hydrogens (tertiary/aromatic N) is 2. The Morgan fingerprint density at radius 2 is 2.10 bits per heavy atom. The first-order valence-electron chi connectivity index (χ1n) is 8.13. The molecule has 0 radical (unpaired) electrons. The molecule has 1 aromatic rings. The van der Waals surface area contributed by atoms with Gasteiger partial charge in [0.05, 0.1) is 0 Å². The molecule has 0 aromatic carbocycles. The molecule has 2 aliphatic rings. The Morgan fingerprint density at radius 1 is 1.33 bits per heavy atom. The third-order valence-corrected chi connectivity index (χ3v) is 4.39. The Kier molecular flexibility index (Phi) is 4.12. The van der Waals surface area contributed by atoms with E-state index in [2.05, 4.69) is 20.8 Å². The van der Waals surface area contributed by atoms with Crippen LogP contribution >= 0.6 is 0 Å². The minimum atomic E-state index is -0.476. The highest BCUT2D eigenvalue weighted by molar-refractivity contribution is 5.74. The van der Waals surface area contributed by atoms with Crippen LogP contribution in [0.1, 0.15) is 75.9 Å². The Bertz CT molecular complexity index is 490. The lowest BCUT2D eigenvalue weighted by molar-refractivity contribution is 0.167. The molecule has 0 atom stereocenters. The highest BCUT2D eigenvalue weighted by Crippen LogP contribution is 2.41. The van der Waals surface area contributed by atoms with E-state index >= 15 is 0 Å². The molecule has 3 rings (SSSR count). The van der Waals surface area contributed by atoms with Gasteiger partial charge in [-0.1, -0.05) is 31.3 Å². The SMILES string of the molecule is CCCNC(=O)NC1(c2nc(C3CC3)no2)CCCCC1. The van der Waals surface area contributed by atoms with E-state index in [-0.39, 0.29) is 6.03 Å². The molecule has 2 aliphatic carbocycles. The van der Waals surface area contributed by atoms with Crippen molar-refractivity contribution in [1.29, 1.82) is 0 Å². The number of hydrogen-bond donors (Lipinski definition) is 2. The smallest absolute Gasteiger partial charge is 0.315 e. The predicted molar refractivity (Wildman–Crippen MR) is 77.9 cm³/mol. The number of carbonyl (C=O) groups is 1. The molecular formula is C15H24N4O2. The molecule has 2 fully saturated rings. The topological polar surface area (TPSA) is 80.0 Å². The summed E-state index contributed by atoms with van der Waals surface area (Å²) < 4.78 is 5.51. The zero-order valence-electron chi connectivity index (χ0n) is 12.7. The molecular weight excluding hydrogens is 268 g/mol. The average Bonchev–Trinajstić information content (AvgIpc) is 3.23. The van der Waals surface area contributed by atoms with E-state index in [9.17, 15) is 4.79 Å². The van der Waals surface area contributed by atoms with Crippen LogP contribution < -0.4 is 10.6 Å². The maximum atomic E-state index is 12.1. The van der Waals surface area contributed by atoms with Crippen molar-refractivity contribution in [3.8, 4) is 0 Å². The number of carbonyl (C=O) groups excluding carboxylic acids is 1. The van der Waals surface area contributed by atoms with Crippen molar-refractivity contribution in [3.05, 3.63) is 11.7 Å². The average molecular weight is 292 g/mol. The highest BCUT2D eigenvalue weighted by atomic mass is 16.5. The molecule has 0 aliphatic heterocycles. The van der Waals surface area contributed by atoms with Crippen molar-refractivity contribution in [1.82, 2.24) is 20.8 Å². The van der Waals surface area contributed by atoms with E-state index in [1.54, 1.807) is 0 Å². The number of amides is 2. The molecule has 6 nitrogen and oxygen atoms in total. The summed E-state index contributed by atoms with van der Waals surface area (Å²) in [6.45, 7) is 2.72. The highest BCUT2D eigenvalue weighted by Gasteiger charge is 2.42. The van der Waals surface area contributed by atoms with Gasteiger partial charge in [0, 0.05) is 12.5 Å². The van der Waals surface area contributed by atoms with Crippen molar-refractivity contribution in [3.63, 3.8) is 0 Å². The van der Waals surface area contributed by atoms with Crippen molar-refractivity contribution in [2.75, 3.05) is 6.54 Å². The van der Waals surface area contributed by atoms with Gasteiger partial charge in [-0.15, -0.1) is 0 Å². The lowest BCUT2D eigenvalue weighted by Crippen LogP contribution is -2.51. The summed E-state index contributed by atoms with van der Waals surface area (Å²) in [5, 5.41) is 10.1. The van der Waals surface area contributed by atoms with Gasteiger partial charge in [0.2, 0.25) is 0 Å². The second kappa shape index (κ2) is 6.03. The summed E-state index contributed by atoms with van der Waals surface area (Å²) in [4.78, 5) is 16.7. The maximum absolute atomic E-state index is 12.1. The molecule has 0 spiro atoms. The summed E-state index contributed by atoms with van der Waals surface area (Å²) in [5.41, 5.74) is -0.476. The van der Waals surface area contributed by atoms with Crippen LogP contribution in [0.4, 0.5) is 4.79 Å². The fourth-order valence-electron chi connectivity index (χ4n) is 2.98. The van der Waals surface area contributed by atoms with Crippen LogP contribution in [0.3, 0.4) is 0 Å². The largest absolute Gasteiger partial charge is 0.338 e. The van der Waals surface area contributed by atoms with Crippen LogP contribution in [0.5, 0.6) is 0 Å². The van der Waals surface area contributed by atoms with E-state index in [1.165, 1.54) is 6.42 Å². The summed E-state index contributed by atoms with van der Waals surface area (Å²) in [7, 11) is 0. The summed E-state index contributed by atoms with van der Waals surface area (Å²) in [5.74, 6) is 1.87. The van der Waals surface area contributed by atoms with Crippen LogP contribution in [-0.2, 0) is 5.54 Å². The zero-order valence-corrected chi connectivity index (χ0v) is 12.7. The van der Waals surface area contributed by atoms with Crippen molar-refractivity contribution < 1.29 is 9.32 Å². The molecule has 0 bridgehead atoms. The molecule has 6 heteroatoms. The standard InChI is InChI=1S/C15H24N4O2/c1-2-10-16-14(20)18-15(8-4-3-5-9-15)13-17-12(19-21-13)11-6-7-11/h11H,2-10H2,1H3,(H2,16,18,20). The first kappa shape index (κ1) is 14.4. The molecule has 2 saturated carbocycles. The van der Waals surface area contributed by atoms with Crippen molar-refractivity contribution in [2.45, 2.75) is 69.7 Å². The molecule has 2 N–H and O–H groups in total. The lowest BCUT2D eigenvalue weighted by atomic mass is 9.81. The van der Waals surface area contributed by atoms with Gasteiger partial charge in [0.1, 0.15) is 5.54 Å². The van der Waals surface area contributed by atoms with Crippen molar-refractivity contribution >= 4 is 6.03 Å². The number of urea groups is 1. The van der Waals surface area contributed by atoms with E-state index in [1.807, 2.05) is 6.92 Å². The predicted octanol–water partition coefficient (Wildman–Crippen LogP) is 2.82. The quantitative estimate of drug-likeness (QED) is 0.874. The Balaban J connectivity index is 1.76. The van der Waals surface area contributed by atoms with Gasteiger partial charge < -0.3 is 15.2 Å². The second-order valence-electron chi connectivity index (χ2n) is 6.26. The van der Waals surface area contributed by atoms with Crippen LogP contribution in [0.15, 0.2) is 4.52 Å². The minimum Gasteiger partial charge on any atom is -0.338 e. The number of hydrogen-bond acceptors (Lipinski definition) is 4. The molecule has 0 saturated heterocycles. The van der Waals surface area contributed by atoms with E-state index < -0.39 is 5.54 Å². The minimum absolute atomic E-state index is 0.134. The fraction of sp³-hybridized carbons (Fsp3) is 0.800. The second-order valence-corrected chi connectivity index (χ2v) is 6.26. The fourth-order valence-corrected chi connectivity index (χ4v) is 2.98. The molecule has 1 heterocycles. The van der Waals surface area contributed by atoms with Gasteiger partial charge in [-0.3, -0.25) is 0 Å². The van der Waals surface area contributed by atoms with E-state index in [4.69, 9.17) is 4.52 Å². The van der Waals surface area contributed by atoms with Gasteiger partial charge in [0.15, 0.2) is 5.82 Å². The third kappa shape index (κ3) is 3.19. The maximum Gasteiger partial charge on any atom is 0.315 e. The molecule has 2 amide bonds. The van der Waals surface area contributed by atoms with Gasteiger partial charge >= 0.3 is 6.03 Å². The van der Waals surface area contributed by atoms with Crippen LogP contribution in [0, 0.1) is 0 Å². The number of aromatic nitrogens is 2. The lowest BCUT2D eigenvalue weighted by Gasteiger charge is -2.34. The number of nitrogens with one attached hydrogen (secondary N) is 2. The first-order valence-corrected chi connectivity index (χ1v) is 8.13. The van der Waals surface area contributed by atoms with Crippen LogP contribution in [-0.4, -0.2) is 22.7 Å². The van der Waals surface area contributed by atoms with E-state index in [0.29, 0.717) is 18.4 Å². The monoisotopic (exact) mass is 292 g/mol. The Morgan fingerprint density at radius 3 is 2.76 bits per heavy atom. The normalized spacial score (nSPS) is 21.0. The summed E-state index contributed by atoms with van der Waals surface area (Å²) >= 11 is 0. The van der Waals surface area contributed by atoms with E-state index in [0.717, 1.165) is 50.8 Å². The zero-order chi connectivity index (χ0) is 14.7. The third-order valence-electron chi connectivity index (χ3n) is 4.39. The van der Waals surface area contributed by atoms with Gasteiger partial charge in [0.25, 0.3) is 5.89 Å².